The van der Waals surface area contributed by atoms with Crippen molar-refractivity contribution in [2.45, 2.75) is 32.1 Å². The predicted octanol–water partition coefficient (Wildman–Crippen LogP) is 1.58. The van der Waals surface area contributed by atoms with Gasteiger partial charge in [0.2, 0.25) is 5.91 Å². The minimum Gasteiger partial charge on any atom is -0.383 e. The number of amides is 1. The van der Waals surface area contributed by atoms with E-state index in [1.807, 2.05) is 0 Å². The lowest BCUT2D eigenvalue weighted by Gasteiger charge is -2.20. The van der Waals surface area contributed by atoms with Gasteiger partial charge in [0.05, 0.1) is 6.61 Å². The fourth-order valence-electron chi connectivity index (χ4n) is 3.23. The summed E-state index contributed by atoms with van der Waals surface area (Å²) in [4.78, 5) is 11.6. The Hall–Kier alpha value is -0.570. The van der Waals surface area contributed by atoms with Crippen molar-refractivity contribution >= 4 is 5.91 Å². The molecule has 2 aliphatic rings. The molecule has 15 heavy (non-hydrogen) atoms. The molecular weight excluding hydrogens is 190 g/mol. The van der Waals surface area contributed by atoms with E-state index in [0.717, 1.165) is 18.3 Å². The van der Waals surface area contributed by atoms with Gasteiger partial charge in [-0.3, -0.25) is 4.79 Å². The van der Waals surface area contributed by atoms with Crippen molar-refractivity contribution < 1.29 is 9.53 Å². The highest BCUT2D eigenvalue weighted by atomic mass is 16.5. The third kappa shape index (κ3) is 2.71. The van der Waals surface area contributed by atoms with E-state index in [4.69, 9.17) is 4.74 Å². The average molecular weight is 211 g/mol. The van der Waals surface area contributed by atoms with E-state index < -0.39 is 0 Å². The molecule has 1 amide bonds. The number of ether oxygens (including phenoxy) is 1. The highest BCUT2D eigenvalue weighted by Gasteiger charge is 2.39. The van der Waals surface area contributed by atoms with E-state index in [1.165, 1.54) is 25.7 Å². The summed E-state index contributed by atoms with van der Waals surface area (Å²) < 4.78 is 4.90. The van der Waals surface area contributed by atoms with Gasteiger partial charge in [0.25, 0.3) is 0 Å². The van der Waals surface area contributed by atoms with Gasteiger partial charge in [-0.25, -0.2) is 0 Å². The summed E-state index contributed by atoms with van der Waals surface area (Å²) in [5, 5.41) is 2.91. The largest absolute Gasteiger partial charge is 0.383 e. The Labute approximate surface area is 91.6 Å². The van der Waals surface area contributed by atoms with Gasteiger partial charge in [-0.2, -0.15) is 0 Å². The van der Waals surface area contributed by atoms with Gasteiger partial charge in [0.1, 0.15) is 0 Å². The summed E-state index contributed by atoms with van der Waals surface area (Å²) in [6.07, 6.45) is 6.19. The van der Waals surface area contributed by atoms with Crippen molar-refractivity contribution in [3.63, 3.8) is 0 Å². The zero-order chi connectivity index (χ0) is 10.7. The smallest absolute Gasteiger partial charge is 0.220 e. The highest BCUT2D eigenvalue weighted by molar-refractivity contribution is 5.76. The first kappa shape index (κ1) is 10.9. The van der Waals surface area contributed by atoms with Crippen LogP contribution in [0.4, 0.5) is 0 Å². The van der Waals surface area contributed by atoms with E-state index in [-0.39, 0.29) is 5.91 Å². The Morgan fingerprint density at radius 1 is 1.40 bits per heavy atom. The Bertz CT molecular complexity index is 230. The van der Waals surface area contributed by atoms with E-state index in [9.17, 15) is 4.79 Å². The van der Waals surface area contributed by atoms with Gasteiger partial charge in [-0.05, 0) is 37.0 Å². The van der Waals surface area contributed by atoms with E-state index in [0.29, 0.717) is 19.1 Å². The van der Waals surface area contributed by atoms with Crippen molar-refractivity contribution in [1.29, 1.82) is 0 Å². The van der Waals surface area contributed by atoms with Gasteiger partial charge in [-0.15, -0.1) is 0 Å². The van der Waals surface area contributed by atoms with Gasteiger partial charge >= 0.3 is 0 Å². The fourth-order valence-corrected chi connectivity index (χ4v) is 3.23. The first-order valence-corrected chi connectivity index (χ1v) is 6.05. The summed E-state index contributed by atoms with van der Waals surface area (Å²) in [5.74, 6) is 2.67. The first-order valence-electron chi connectivity index (χ1n) is 6.05. The molecule has 86 valence electrons. The molecule has 2 bridgehead atoms. The van der Waals surface area contributed by atoms with Crippen LogP contribution >= 0.6 is 0 Å². The normalized spacial score (nSPS) is 33.3. The summed E-state index contributed by atoms with van der Waals surface area (Å²) >= 11 is 0. The summed E-state index contributed by atoms with van der Waals surface area (Å²) in [6.45, 7) is 1.26. The topological polar surface area (TPSA) is 38.3 Å². The predicted molar refractivity (Wildman–Crippen MR) is 58.4 cm³/mol. The zero-order valence-electron chi connectivity index (χ0n) is 9.50. The molecule has 3 nitrogen and oxygen atoms in total. The molecule has 0 aliphatic heterocycles. The Morgan fingerprint density at radius 2 is 2.27 bits per heavy atom. The maximum atomic E-state index is 11.6. The number of methoxy groups -OCH3 is 1. The molecular formula is C12H21NO2. The van der Waals surface area contributed by atoms with Gasteiger partial charge in [0, 0.05) is 20.1 Å². The molecule has 0 heterocycles. The van der Waals surface area contributed by atoms with Crippen LogP contribution in [0.2, 0.25) is 0 Å². The van der Waals surface area contributed by atoms with Crippen LogP contribution in [0, 0.1) is 17.8 Å². The van der Waals surface area contributed by atoms with E-state index >= 15 is 0 Å². The number of nitrogens with one attached hydrogen (secondary N) is 1. The molecule has 3 atom stereocenters. The molecule has 0 saturated heterocycles. The van der Waals surface area contributed by atoms with Gasteiger partial charge < -0.3 is 10.1 Å². The van der Waals surface area contributed by atoms with Crippen molar-refractivity contribution in [3.8, 4) is 0 Å². The molecule has 0 aromatic heterocycles. The first-order chi connectivity index (χ1) is 7.29. The Balaban J connectivity index is 1.66. The summed E-state index contributed by atoms with van der Waals surface area (Å²) in [5.41, 5.74) is 0. The molecule has 0 aromatic carbocycles. The minimum atomic E-state index is 0.213. The second-order valence-corrected chi connectivity index (χ2v) is 4.98. The van der Waals surface area contributed by atoms with Crippen LogP contribution in [0.25, 0.3) is 0 Å². The van der Waals surface area contributed by atoms with Crippen LogP contribution in [0.15, 0.2) is 0 Å². The van der Waals surface area contributed by atoms with Crippen molar-refractivity contribution in [3.05, 3.63) is 0 Å². The SMILES string of the molecule is COCCNC(=O)CC1CC2CCC1C2. The maximum Gasteiger partial charge on any atom is 0.220 e. The molecule has 1 N–H and O–H groups in total. The molecule has 0 aromatic rings. The van der Waals surface area contributed by atoms with Crippen LogP contribution in [-0.2, 0) is 9.53 Å². The molecule has 2 fully saturated rings. The quantitative estimate of drug-likeness (QED) is 0.701. The number of fused-ring (bicyclic) bond motifs is 2. The van der Waals surface area contributed by atoms with Crippen LogP contribution in [0.3, 0.4) is 0 Å². The Kier molecular flexibility index (Phi) is 3.62. The molecule has 2 aliphatic carbocycles. The number of hydrogen-bond acceptors (Lipinski definition) is 2. The fraction of sp³-hybridized carbons (Fsp3) is 0.917. The minimum absolute atomic E-state index is 0.213. The zero-order valence-corrected chi connectivity index (χ0v) is 9.50. The molecule has 0 spiro atoms. The molecule has 3 heteroatoms. The third-order valence-electron chi connectivity index (χ3n) is 3.96. The number of rotatable bonds is 5. The van der Waals surface area contributed by atoms with Gasteiger partial charge in [-0.1, -0.05) is 6.42 Å². The van der Waals surface area contributed by atoms with Crippen molar-refractivity contribution in [1.82, 2.24) is 5.32 Å². The van der Waals surface area contributed by atoms with E-state index in [2.05, 4.69) is 5.32 Å². The maximum absolute atomic E-state index is 11.6. The van der Waals surface area contributed by atoms with Crippen LogP contribution < -0.4 is 5.32 Å². The second-order valence-electron chi connectivity index (χ2n) is 4.98. The number of hydrogen-bond donors (Lipinski definition) is 1. The molecule has 3 unspecified atom stereocenters. The number of carbonyl (C=O) groups is 1. The second kappa shape index (κ2) is 4.97. The lowest BCUT2D eigenvalue weighted by molar-refractivity contribution is -0.122. The summed E-state index contributed by atoms with van der Waals surface area (Å²) in [7, 11) is 1.65. The van der Waals surface area contributed by atoms with Crippen LogP contribution in [0.5, 0.6) is 0 Å². The molecule has 2 rings (SSSR count). The molecule has 0 radical (unpaired) electrons. The highest BCUT2D eigenvalue weighted by Crippen LogP contribution is 2.49. The van der Waals surface area contributed by atoms with Crippen molar-refractivity contribution in [2.24, 2.45) is 17.8 Å². The van der Waals surface area contributed by atoms with E-state index in [1.54, 1.807) is 7.11 Å². The van der Waals surface area contributed by atoms with Crippen molar-refractivity contribution in [2.75, 3.05) is 20.3 Å². The monoisotopic (exact) mass is 211 g/mol. The standard InChI is InChI=1S/C12H21NO2/c1-15-5-4-13-12(14)8-11-7-9-2-3-10(11)6-9/h9-11H,2-8H2,1H3,(H,13,14). The van der Waals surface area contributed by atoms with Crippen LogP contribution in [-0.4, -0.2) is 26.2 Å². The Morgan fingerprint density at radius 3 is 2.87 bits per heavy atom. The number of carbonyl (C=O) groups excluding carboxylic acids is 1. The van der Waals surface area contributed by atoms with Gasteiger partial charge in [0.15, 0.2) is 0 Å². The summed E-state index contributed by atoms with van der Waals surface area (Å²) in [6, 6.07) is 0. The lowest BCUT2D eigenvalue weighted by Crippen LogP contribution is -2.29. The molecule has 2 saturated carbocycles. The van der Waals surface area contributed by atoms with Crippen LogP contribution in [0.1, 0.15) is 32.1 Å². The third-order valence-corrected chi connectivity index (χ3v) is 3.96. The lowest BCUT2D eigenvalue weighted by atomic mass is 9.86. The average Bonchev–Trinajstić information content (AvgIpc) is 2.79.